The van der Waals surface area contributed by atoms with Crippen molar-refractivity contribution < 1.29 is 9.90 Å². The molecule has 3 N–H and O–H groups in total. The Morgan fingerprint density at radius 3 is 2.81 bits per heavy atom. The van der Waals surface area contributed by atoms with Gasteiger partial charge in [-0.25, -0.2) is 9.48 Å². The Hall–Kier alpha value is -2.01. The molecule has 0 fully saturated rings. The Bertz CT molecular complexity index is 537. The molecular weight excluding hydrogens is 230 g/mol. The van der Waals surface area contributed by atoms with Crippen molar-refractivity contribution in [3.8, 4) is 5.69 Å². The Morgan fingerprint density at radius 2 is 2.25 bits per heavy atom. The van der Waals surface area contributed by atoms with Gasteiger partial charge in [0.1, 0.15) is 0 Å². The van der Waals surface area contributed by atoms with Crippen molar-refractivity contribution in [2.75, 3.05) is 5.73 Å². The van der Waals surface area contributed by atoms with E-state index in [9.17, 15) is 4.79 Å². The minimum Gasteiger partial charge on any atom is -0.478 e. The second kappa shape index (κ2) is 3.86. The standard InChI is InChI=1S/C10H8ClN3O2/c11-8-5-6(12)4-7(10(15)16)9(8)14-3-1-2-13-14/h1-5H,12H2,(H,15,16). The number of anilines is 1. The number of benzene rings is 1. The molecule has 2 rings (SSSR count). The summed E-state index contributed by atoms with van der Waals surface area (Å²) < 4.78 is 1.39. The lowest BCUT2D eigenvalue weighted by molar-refractivity contribution is 0.0697. The van der Waals surface area contributed by atoms with E-state index in [1.54, 1.807) is 12.3 Å². The summed E-state index contributed by atoms with van der Waals surface area (Å²) in [6, 6.07) is 4.52. The van der Waals surface area contributed by atoms with Gasteiger partial charge in [-0.2, -0.15) is 5.10 Å². The molecule has 0 aliphatic carbocycles. The molecule has 1 aromatic carbocycles. The quantitative estimate of drug-likeness (QED) is 0.781. The number of rotatable bonds is 2. The molecule has 82 valence electrons. The zero-order valence-corrected chi connectivity index (χ0v) is 8.85. The van der Waals surface area contributed by atoms with Crippen LogP contribution in [-0.2, 0) is 0 Å². The topological polar surface area (TPSA) is 81.1 Å². The summed E-state index contributed by atoms with van der Waals surface area (Å²) in [4.78, 5) is 11.1. The maximum atomic E-state index is 11.1. The van der Waals surface area contributed by atoms with Crippen LogP contribution in [-0.4, -0.2) is 20.9 Å². The van der Waals surface area contributed by atoms with Gasteiger partial charge in [0.25, 0.3) is 0 Å². The van der Waals surface area contributed by atoms with Crippen molar-refractivity contribution in [2.24, 2.45) is 0 Å². The van der Waals surface area contributed by atoms with Gasteiger partial charge in [-0.05, 0) is 18.2 Å². The minimum atomic E-state index is -1.10. The van der Waals surface area contributed by atoms with Crippen molar-refractivity contribution in [1.29, 1.82) is 0 Å². The second-order valence-electron chi connectivity index (χ2n) is 3.15. The van der Waals surface area contributed by atoms with Gasteiger partial charge in [-0.15, -0.1) is 0 Å². The lowest BCUT2D eigenvalue weighted by Crippen LogP contribution is -2.07. The highest BCUT2D eigenvalue weighted by Gasteiger charge is 2.16. The molecule has 5 nitrogen and oxygen atoms in total. The van der Waals surface area contributed by atoms with E-state index >= 15 is 0 Å². The predicted molar refractivity (Wildman–Crippen MR) is 59.9 cm³/mol. The van der Waals surface area contributed by atoms with Gasteiger partial charge in [0.15, 0.2) is 0 Å². The van der Waals surface area contributed by atoms with Gasteiger partial charge >= 0.3 is 5.97 Å². The first kappa shape index (κ1) is 10.5. The van der Waals surface area contributed by atoms with Crippen LogP contribution in [0.2, 0.25) is 5.02 Å². The van der Waals surface area contributed by atoms with E-state index in [1.165, 1.54) is 23.0 Å². The van der Waals surface area contributed by atoms with E-state index in [-0.39, 0.29) is 10.6 Å². The monoisotopic (exact) mass is 237 g/mol. The van der Waals surface area contributed by atoms with E-state index in [2.05, 4.69) is 5.10 Å². The number of aromatic nitrogens is 2. The first-order chi connectivity index (χ1) is 7.59. The van der Waals surface area contributed by atoms with Crippen LogP contribution in [0.15, 0.2) is 30.6 Å². The first-order valence-corrected chi connectivity index (χ1v) is 4.79. The summed E-state index contributed by atoms with van der Waals surface area (Å²) >= 11 is 5.97. The van der Waals surface area contributed by atoms with Gasteiger partial charge < -0.3 is 10.8 Å². The lowest BCUT2D eigenvalue weighted by atomic mass is 10.1. The van der Waals surface area contributed by atoms with Crippen LogP contribution < -0.4 is 5.73 Å². The molecule has 0 saturated heterocycles. The zero-order chi connectivity index (χ0) is 11.7. The van der Waals surface area contributed by atoms with Gasteiger partial charge in [0.2, 0.25) is 0 Å². The fourth-order valence-electron chi connectivity index (χ4n) is 1.42. The van der Waals surface area contributed by atoms with Gasteiger partial charge in [-0.1, -0.05) is 11.6 Å². The number of carboxylic acid groups (broad SMARTS) is 1. The molecule has 0 radical (unpaired) electrons. The maximum Gasteiger partial charge on any atom is 0.338 e. The number of hydrogen-bond acceptors (Lipinski definition) is 3. The number of hydrogen-bond donors (Lipinski definition) is 2. The fraction of sp³-hybridized carbons (Fsp3) is 0. The summed E-state index contributed by atoms with van der Waals surface area (Å²) in [7, 11) is 0. The molecule has 0 aliphatic rings. The van der Waals surface area contributed by atoms with Crippen LogP contribution in [0, 0.1) is 0 Å². The molecule has 0 atom stereocenters. The Kier molecular flexibility index (Phi) is 2.54. The predicted octanol–water partition coefficient (Wildman–Crippen LogP) is 1.81. The van der Waals surface area contributed by atoms with E-state index in [0.717, 1.165) is 0 Å². The van der Waals surface area contributed by atoms with Crippen LogP contribution >= 0.6 is 11.6 Å². The summed E-state index contributed by atoms with van der Waals surface area (Å²) in [6.45, 7) is 0. The van der Waals surface area contributed by atoms with Crippen molar-refractivity contribution >= 4 is 23.3 Å². The van der Waals surface area contributed by atoms with Crippen molar-refractivity contribution in [2.45, 2.75) is 0 Å². The maximum absolute atomic E-state index is 11.1. The number of nitrogens with two attached hydrogens (primary N) is 1. The third-order valence-electron chi connectivity index (χ3n) is 2.05. The summed E-state index contributed by atoms with van der Waals surface area (Å²) in [5.74, 6) is -1.10. The molecule has 0 spiro atoms. The summed E-state index contributed by atoms with van der Waals surface area (Å²) in [5, 5.41) is 13.3. The molecule has 0 aliphatic heterocycles. The van der Waals surface area contributed by atoms with Crippen LogP contribution in [0.25, 0.3) is 5.69 Å². The molecule has 1 heterocycles. The molecular formula is C10H8ClN3O2. The Morgan fingerprint density at radius 1 is 1.50 bits per heavy atom. The molecule has 2 aromatic rings. The number of aromatic carboxylic acids is 1. The van der Waals surface area contributed by atoms with Crippen LogP contribution in [0.3, 0.4) is 0 Å². The van der Waals surface area contributed by atoms with Crippen LogP contribution in [0.1, 0.15) is 10.4 Å². The van der Waals surface area contributed by atoms with E-state index in [0.29, 0.717) is 11.4 Å². The molecule has 1 aromatic heterocycles. The van der Waals surface area contributed by atoms with Crippen molar-refractivity contribution in [3.63, 3.8) is 0 Å². The fourth-order valence-corrected chi connectivity index (χ4v) is 1.73. The highest BCUT2D eigenvalue weighted by Crippen LogP contribution is 2.27. The second-order valence-corrected chi connectivity index (χ2v) is 3.56. The number of carbonyl (C=O) groups is 1. The molecule has 0 bridgehead atoms. The van der Waals surface area contributed by atoms with Gasteiger partial charge in [0, 0.05) is 18.1 Å². The van der Waals surface area contributed by atoms with Crippen molar-refractivity contribution in [1.82, 2.24) is 9.78 Å². The lowest BCUT2D eigenvalue weighted by Gasteiger charge is -2.09. The number of nitrogen functional groups attached to an aromatic ring is 1. The average Bonchev–Trinajstić information content (AvgIpc) is 2.69. The third-order valence-corrected chi connectivity index (χ3v) is 2.34. The Balaban J connectivity index is 2.72. The summed E-state index contributed by atoms with van der Waals surface area (Å²) in [6.07, 6.45) is 3.15. The van der Waals surface area contributed by atoms with E-state index < -0.39 is 5.97 Å². The first-order valence-electron chi connectivity index (χ1n) is 4.42. The van der Waals surface area contributed by atoms with E-state index in [4.69, 9.17) is 22.4 Å². The molecule has 0 saturated carbocycles. The van der Waals surface area contributed by atoms with Crippen LogP contribution in [0.4, 0.5) is 5.69 Å². The van der Waals surface area contributed by atoms with Crippen molar-refractivity contribution in [3.05, 3.63) is 41.2 Å². The summed E-state index contributed by atoms with van der Waals surface area (Å²) in [5.41, 5.74) is 6.18. The van der Waals surface area contributed by atoms with Crippen LogP contribution in [0.5, 0.6) is 0 Å². The van der Waals surface area contributed by atoms with Gasteiger partial charge in [0.05, 0.1) is 16.3 Å². The zero-order valence-electron chi connectivity index (χ0n) is 8.09. The number of carboxylic acids is 1. The molecule has 0 amide bonds. The number of halogens is 1. The Labute approximate surface area is 96.1 Å². The highest BCUT2D eigenvalue weighted by molar-refractivity contribution is 6.33. The molecule has 0 unspecified atom stereocenters. The third kappa shape index (κ3) is 1.72. The minimum absolute atomic E-state index is 0.0219. The van der Waals surface area contributed by atoms with Gasteiger partial charge in [-0.3, -0.25) is 0 Å². The van der Waals surface area contributed by atoms with E-state index in [1.807, 2.05) is 0 Å². The molecule has 16 heavy (non-hydrogen) atoms. The largest absolute Gasteiger partial charge is 0.478 e. The molecule has 6 heteroatoms. The smallest absolute Gasteiger partial charge is 0.338 e. The SMILES string of the molecule is Nc1cc(Cl)c(-n2cccn2)c(C(=O)O)c1. The highest BCUT2D eigenvalue weighted by atomic mass is 35.5. The average molecular weight is 238 g/mol. The number of nitrogens with zero attached hydrogens (tertiary/aromatic N) is 2. The normalized spacial score (nSPS) is 10.3.